The van der Waals surface area contributed by atoms with E-state index in [-0.39, 0.29) is 11.0 Å². The van der Waals surface area contributed by atoms with Gasteiger partial charge in [-0.3, -0.25) is 4.79 Å². The molecule has 1 aromatic carbocycles. The van der Waals surface area contributed by atoms with E-state index in [2.05, 4.69) is 25.1 Å². The Morgan fingerprint density at radius 3 is 2.82 bits per heavy atom. The number of carbonyl (C=O) groups excluding carboxylic acids is 1. The second-order valence-electron chi connectivity index (χ2n) is 10.6. The first kappa shape index (κ1) is 23.8. The van der Waals surface area contributed by atoms with Crippen LogP contribution in [0.3, 0.4) is 0 Å². The summed E-state index contributed by atoms with van der Waals surface area (Å²) in [5.74, 6) is 1.69. The standard InChI is InChI=1S/C29H38O5/c1-28-15-13-27(30)25(12-16-29-14-4-3-5-23(29)19-33-20-34-29)26(28)11-8-22(28)18-32-17-21-6-9-24(31-2)10-7-21/h5-7,9-10,22H,3-4,8,11-20H2,1-2H3/t22-,28-,29-/m1/s1. The highest BCUT2D eigenvalue weighted by Gasteiger charge is 2.48. The van der Waals surface area contributed by atoms with Crippen LogP contribution in [0.25, 0.3) is 0 Å². The van der Waals surface area contributed by atoms with Crippen LogP contribution in [-0.4, -0.2) is 38.5 Å². The highest BCUT2D eigenvalue weighted by Crippen LogP contribution is 2.55. The fraction of sp³-hybridized carbons (Fsp3) is 0.621. The molecule has 34 heavy (non-hydrogen) atoms. The van der Waals surface area contributed by atoms with Crippen LogP contribution < -0.4 is 4.74 Å². The molecule has 5 heteroatoms. The van der Waals surface area contributed by atoms with Crippen LogP contribution in [0.2, 0.25) is 0 Å². The van der Waals surface area contributed by atoms with Gasteiger partial charge in [0.2, 0.25) is 0 Å². The van der Waals surface area contributed by atoms with Gasteiger partial charge in [0.1, 0.15) is 12.5 Å². The molecule has 184 valence electrons. The van der Waals surface area contributed by atoms with E-state index in [0.29, 0.717) is 38.1 Å². The van der Waals surface area contributed by atoms with E-state index < -0.39 is 0 Å². The lowest BCUT2D eigenvalue weighted by Gasteiger charge is -2.43. The zero-order valence-electron chi connectivity index (χ0n) is 20.7. The number of hydrogen-bond donors (Lipinski definition) is 0. The summed E-state index contributed by atoms with van der Waals surface area (Å²) >= 11 is 0. The van der Waals surface area contributed by atoms with Gasteiger partial charge in [-0.2, -0.15) is 0 Å². The lowest BCUT2D eigenvalue weighted by atomic mass is 9.67. The highest BCUT2D eigenvalue weighted by atomic mass is 16.7. The predicted molar refractivity (Wildman–Crippen MR) is 131 cm³/mol. The third kappa shape index (κ3) is 4.50. The molecule has 4 aliphatic rings. The van der Waals surface area contributed by atoms with E-state index in [1.54, 1.807) is 7.11 Å². The molecule has 0 bridgehead atoms. The Kier molecular flexibility index (Phi) is 6.97. The number of Topliss-reactive ketones (excluding diaryl/α,β-unsaturated/α-hetero) is 1. The first-order valence-electron chi connectivity index (χ1n) is 12.9. The minimum atomic E-state index is -0.225. The van der Waals surface area contributed by atoms with Gasteiger partial charge in [-0.1, -0.05) is 30.7 Å². The number of rotatable bonds is 8. The van der Waals surface area contributed by atoms with Crippen LogP contribution in [0.5, 0.6) is 5.75 Å². The number of methoxy groups -OCH3 is 1. The molecule has 0 unspecified atom stereocenters. The van der Waals surface area contributed by atoms with Crippen molar-refractivity contribution in [2.75, 3.05) is 27.1 Å². The number of fused-ring (bicyclic) bond motifs is 2. The van der Waals surface area contributed by atoms with Crippen molar-refractivity contribution >= 4 is 5.78 Å². The monoisotopic (exact) mass is 466 g/mol. The number of hydrogen-bond acceptors (Lipinski definition) is 5. The maximum Gasteiger partial charge on any atom is 0.158 e. The smallest absolute Gasteiger partial charge is 0.158 e. The molecule has 1 saturated carbocycles. The maximum atomic E-state index is 13.1. The second kappa shape index (κ2) is 9.96. The largest absolute Gasteiger partial charge is 0.497 e. The normalized spacial score (nSPS) is 31.2. The summed E-state index contributed by atoms with van der Waals surface area (Å²) < 4.78 is 23.2. The number of benzene rings is 1. The maximum absolute atomic E-state index is 13.1. The number of ketones is 1. The zero-order valence-corrected chi connectivity index (χ0v) is 20.7. The molecule has 1 heterocycles. The Morgan fingerprint density at radius 2 is 2.00 bits per heavy atom. The average Bonchev–Trinajstić information content (AvgIpc) is 3.20. The van der Waals surface area contributed by atoms with Crippen LogP contribution in [0, 0.1) is 11.3 Å². The fourth-order valence-corrected chi connectivity index (χ4v) is 6.67. The van der Waals surface area contributed by atoms with Crippen LogP contribution in [0.15, 0.2) is 47.1 Å². The molecule has 1 aliphatic heterocycles. The molecule has 1 aromatic rings. The molecular formula is C29H38O5. The number of allylic oxidation sites excluding steroid dienone is 3. The van der Waals surface area contributed by atoms with Crippen LogP contribution in [0.1, 0.15) is 70.3 Å². The molecule has 0 N–H and O–H groups in total. The topological polar surface area (TPSA) is 54.0 Å². The van der Waals surface area contributed by atoms with Gasteiger partial charge in [-0.25, -0.2) is 0 Å². The fourth-order valence-electron chi connectivity index (χ4n) is 6.67. The van der Waals surface area contributed by atoms with E-state index in [0.717, 1.165) is 74.9 Å². The number of ether oxygens (including phenoxy) is 4. The van der Waals surface area contributed by atoms with Crippen molar-refractivity contribution < 1.29 is 23.7 Å². The van der Waals surface area contributed by atoms with Gasteiger partial charge in [0.15, 0.2) is 5.78 Å². The van der Waals surface area contributed by atoms with Crippen molar-refractivity contribution in [1.29, 1.82) is 0 Å². The molecule has 0 spiro atoms. The first-order valence-corrected chi connectivity index (χ1v) is 12.9. The third-order valence-corrected chi connectivity index (χ3v) is 8.87. The van der Waals surface area contributed by atoms with Gasteiger partial charge in [-0.15, -0.1) is 0 Å². The van der Waals surface area contributed by atoms with E-state index in [1.807, 2.05) is 12.1 Å². The summed E-state index contributed by atoms with van der Waals surface area (Å²) in [7, 11) is 1.68. The minimum absolute atomic E-state index is 0.0720. The Bertz CT molecular complexity index is 961. The summed E-state index contributed by atoms with van der Waals surface area (Å²) in [5.41, 5.74) is 4.80. The van der Waals surface area contributed by atoms with Gasteiger partial charge >= 0.3 is 0 Å². The number of carbonyl (C=O) groups is 1. The van der Waals surface area contributed by atoms with Crippen LogP contribution in [-0.2, 0) is 25.6 Å². The molecule has 0 aromatic heterocycles. The Labute approximate surface area is 203 Å². The summed E-state index contributed by atoms with van der Waals surface area (Å²) in [5, 5.41) is 0. The molecule has 3 atom stereocenters. The molecular weight excluding hydrogens is 428 g/mol. The van der Waals surface area contributed by atoms with Crippen molar-refractivity contribution in [3.8, 4) is 5.75 Å². The summed E-state index contributed by atoms with van der Waals surface area (Å²) in [6, 6.07) is 8.07. The van der Waals surface area contributed by atoms with Crippen molar-refractivity contribution in [3.05, 3.63) is 52.6 Å². The summed E-state index contributed by atoms with van der Waals surface area (Å²) in [6.07, 6.45) is 11.0. The van der Waals surface area contributed by atoms with E-state index in [4.69, 9.17) is 18.9 Å². The molecule has 0 radical (unpaired) electrons. The van der Waals surface area contributed by atoms with E-state index in [1.165, 1.54) is 11.1 Å². The summed E-state index contributed by atoms with van der Waals surface area (Å²) in [4.78, 5) is 13.1. The Morgan fingerprint density at radius 1 is 1.15 bits per heavy atom. The second-order valence-corrected chi connectivity index (χ2v) is 10.6. The molecule has 5 nitrogen and oxygen atoms in total. The first-order chi connectivity index (χ1) is 16.5. The van der Waals surface area contributed by atoms with Gasteiger partial charge in [0, 0.05) is 6.42 Å². The van der Waals surface area contributed by atoms with Gasteiger partial charge in [-0.05, 0) is 91.5 Å². The van der Waals surface area contributed by atoms with Crippen molar-refractivity contribution in [1.82, 2.24) is 0 Å². The van der Waals surface area contributed by atoms with E-state index >= 15 is 0 Å². The lowest BCUT2D eigenvalue weighted by Crippen LogP contribution is -2.43. The summed E-state index contributed by atoms with van der Waals surface area (Å²) in [6.45, 7) is 4.76. The zero-order chi connectivity index (χ0) is 23.6. The van der Waals surface area contributed by atoms with Crippen LogP contribution in [0.4, 0.5) is 0 Å². The highest BCUT2D eigenvalue weighted by molar-refractivity contribution is 5.97. The lowest BCUT2D eigenvalue weighted by molar-refractivity contribution is -0.167. The molecule has 3 aliphatic carbocycles. The quantitative estimate of drug-likeness (QED) is 0.445. The van der Waals surface area contributed by atoms with Crippen molar-refractivity contribution in [3.63, 3.8) is 0 Å². The van der Waals surface area contributed by atoms with Crippen molar-refractivity contribution in [2.24, 2.45) is 11.3 Å². The van der Waals surface area contributed by atoms with Gasteiger partial charge in [0.05, 0.1) is 32.5 Å². The molecule has 0 amide bonds. The van der Waals surface area contributed by atoms with Gasteiger partial charge in [0.25, 0.3) is 0 Å². The van der Waals surface area contributed by atoms with Crippen LogP contribution >= 0.6 is 0 Å². The molecule has 5 rings (SSSR count). The Balaban J connectivity index is 1.26. The predicted octanol–water partition coefficient (Wildman–Crippen LogP) is 5.92. The van der Waals surface area contributed by atoms with E-state index in [9.17, 15) is 4.79 Å². The van der Waals surface area contributed by atoms with Crippen molar-refractivity contribution in [2.45, 2.75) is 76.9 Å². The molecule has 2 fully saturated rings. The Hall–Kier alpha value is -1.95. The third-order valence-electron chi connectivity index (χ3n) is 8.87. The minimum Gasteiger partial charge on any atom is -0.497 e. The average molecular weight is 467 g/mol. The molecule has 1 saturated heterocycles. The SMILES string of the molecule is COc1ccc(COC[C@H]2CCC3=C(CC[C@]45CCCC=C4COCO5)C(=O)CC[C@@]32C)cc1. The van der Waals surface area contributed by atoms with Gasteiger partial charge < -0.3 is 18.9 Å².